The minimum Gasteiger partial charge on any atom is -0.478 e. The van der Waals surface area contributed by atoms with Crippen molar-refractivity contribution >= 4 is 33.5 Å². The van der Waals surface area contributed by atoms with E-state index in [9.17, 15) is 9.59 Å². The molecule has 2 rings (SSSR count). The lowest BCUT2D eigenvalue weighted by atomic mass is 9.96. The van der Waals surface area contributed by atoms with E-state index in [0.717, 1.165) is 30.4 Å². The topological polar surface area (TPSA) is 78.4 Å². The Morgan fingerprint density at radius 1 is 1.45 bits per heavy atom. The highest BCUT2D eigenvalue weighted by Gasteiger charge is 2.18. The van der Waals surface area contributed by atoms with Crippen molar-refractivity contribution in [3.8, 4) is 0 Å². The molecular formula is C14H17BrN2O3. The van der Waals surface area contributed by atoms with Crippen LogP contribution in [0.1, 0.15) is 29.6 Å². The minimum atomic E-state index is -1.05. The van der Waals surface area contributed by atoms with Crippen molar-refractivity contribution in [1.82, 2.24) is 5.32 Å². The predicted molar refractivity (Wildman–Crippen MR) is 79.9 cm³/mol. The average Bonchev–Trinajstić information content (AvgIpc) is 2.39. The highest BCUT2D eigenvalue weighted by atomic mass is 79.9. The van der Waals surface area contributed by atoms with Gasteiger partial charge in [0.05, 0.1) is 11.3 Å². The number of amides is 1. The molecule has 1 atom stereocenters. The van der Waals surface area contributed by atoms with Crippen molar-refractivity contribution in [2.24, 2.45) is 5.92 Å². The molecule has 5 nitrogen and oxygen atoms in total. The normalized spacial score (nSPS) is 18.6. The van der Waals surface area contributed by atoms with Crippen molar-refractivity contribution in [3.05, 3.63) is 28.2 Å². The highest BCUT2D eigenvalue weighted by molar-refractivity contribution is 9.10. The standard InChI is InChI=1S/C14H17BrN2O3/c15-10-3-4-11(14(19)20)12(7-10)17-13(18)6-9-2-1-5-16-8-9/h3-4,7,9,16H,1-2,5-6,8H2,(H,17,18)(H,19,20). The first-order valence-corrected chi connectivity index (χ1v) is 7.39. The Balaban J connectivity index is 2.03. The van der Waals surface area contributed by atoms with E-state index in [0.29, 0.717) is 18.0 Å². The average molecular weight is 341 g/mol. The number of carbonyl (C=O) groups excluding carboxylic acids is 1. The molecule has 20 heavy (non-hydrogen) atoms. The molecule has 1 aliphatic rings. The molecule has 0 aliphatic carbocycles. The van der Waals surface area contributed by atoms with Crippen LogP contribution in [0.5, 0.6) is 0 Å². The van der Waals surface area contributed by atoms with Crippen LogP contribution in [0, 0.1) is 5.92 Å². The van der Waals surface area contributed by atoms with Gasteiger partial charge in [0.15, 0.2) is 0 Å². The highest BCUT2D eigenvalue weighted by Crippen LogP contribution is 2.23. The largest absolute Gasteiger partial charge is 0.478 e. The van der Waals surface area contributed by atoms with E-state index in [1.54, 1.807) is 12.1 Å². The zero-order chi connectivity index (χ0) is 14.5. The summed E-state index contributed by atoms with van der Waals surface area (Å²) in [4.78, 5) is 23.1. The predicted octanol–water partition coefficient (Wildman–Crippen LogP) is 2.48. The van der Waals surface area contributed by atoms with Crippen LogP contribution in [-0.4, -0.2) is 30.1 Å². The van der Waals surface area contributed by atoms with Gasteiger partial charge in [-0.1, -0.05) is 15.9 Å². The van der Waals surface area contributed by atoms with Crippen molar-refractivity contribution in [1.29, 1.82) is 0 Å². The first-order chi connectivity index (χ1) is 9.56. The van der Waals surface area contributed by atoms with Gasteiger partial charge in [-0.2, -0.15) is 0 Å². The molecule has 1 aliphatic heterocycles. The van der Waals surface area contributed by atoms with E-state index in [1.165, 1.54) is 6.07 Å². The first kappa shape index (κ1) is 15.0. The van der Waals surface area contributed by atoms with Gasteiger partial charge in [-0.15, -0.1) is 0 Å². The van der Waals surface area contributed by atoms with Gasteiger partial charge in [0.25, 0.3) is 0 Å². The summed E-state index contributed by atoms with van der Waals surface area (Å²) >= 11 is 3.28. The lowest BCUT2D eigenvalue weighted by Crippen LogP contribution is -2.32. The van der Waals surface area contributed by atoms with Gasteiger partial charge < -0.3 is 15.7 Å². The van der Waals surface area contributed by atoms with Crippen molar-refractivity contribution < 1.29 is 14.7 Å². The molecule has 0 radical (unpaired) electrons. The van der Waals surface area contributed by atoms with Crippen LogP contribution >= 0.6 is 15.9 Å². The maximum absolute atomic E-state index is 12.0. The third kappa shape index (κ3) is 4.05. The molecule has 1 unspecified atom stereocenters. The molecule has 1 saturated heterocycles. The number of piperidine rings is 1. The fourth-order valence-corrected chi connectivity index (χ4v) is 2.73. The second-order valence-corrected chi connectivity index (χ2v) is 5.88. The number of aromatic carboxylic acids is 1. The van der Waals surface area contributed by atoms with Crippen LogP contribution in [0.15, 0.2) is 22.7 Å². The Morgan fingerprint density at radius 3 is 2.90 bits per heavy atom. The van der Waals surface area contributed by atoms with E-state index < -0.39 is 5.97 Å². The van der Waals surface area contributed by atoms with Crippen molar-refractivity contribution in [2.75, 3.05) is 18.4 Å². The second-order valence-electron chi connectivity index (χ2n) is 4.96. The number of hydrogen-bond donors (Lipinski definition) is 3. The summed E-state index contributed by atoms with van der Waals surface area (Å²) in [6, 6.07) is 4.73. The Hall–Kier alpha value is -1.40. The van der Waals surface area contributed by atoms with Crippen molar-refractivity contribution in [2.45, 2.75) is 19.3 Å². The monoisotopic (exact) mass is 340 g/mol. The molecule has 0 spiro atoms. The lowest BCUT2D eigenvalue weighted by Gasteiger charge is -2.22. The molecule has 0 bridgehead atoms. The second kappa shape index (κ2) is 6.85. The van der Waals surface area contributed by atoms with E-state index in [2.05, 4.69) is 26.6 Å². The van der Waals surface area contributed by atoms with E-state index in [-0.39, 0.29) is 11.5 Å². The third-order valence-corrected chi connectivity index (χ3v) is 3.85. The molecular weight excluding hydrogens is 324 g/mol. The quantitative estimate of drug-likeness (QED) is 0.786. The molecule has 3 N–H and O–H groups in total. The number of hydrogen-bond acceptors (Lipinski definition) is 3. The number of nitrogens with one attached hydrogen (secondary N) is 2. The minimum absolute atomic E-state index is 0.100. The zero-order valence-corrected chi connectivity index (χ0v) is 12.6. The van der Waals surface area contributed by atoms with Gasteiger partial charge >= 0.3 is 5.97 Å². The molecule has 1 aromatic carbocycles. The van der Waals surface area contributed by atoms with Crippen LogP contribution in [-0.2, 0) is 4.79 Å². The van der Waals surface area contributed by atoms with Gasteiger partial charge in [0, 0.05) is 10.9 Å². The maximum Gasteiger partial charge on any atom is 0.337 e. The smallest absolute Gasteiger partial charge is 0.337 e. The molecule has 0 aromatic heterocycles. The summed E-state index contributed by atoms with van der Waals surface area (Å²) in [7, 11) is 0. The number of carboxylic acids is 1. The Morgan fingerprint density at radius 2 is 2.25 bits per heavy atom. The fraction of sp³-hybridized carbons (Fsp3) is 0.429. The van der Waals surface area contributed by atoms with Gasteiger partial charge in [-0.25, -0.2) is 4.79 Å². The lowest BCUT2D eigenvalue weighted by molar-refractivity contribution is -0.117. The zero-order valence-electron chi connectivity index (χ0n) is 11.0. The van der Waals surface area contributed by atoms with E-state index in [1.807, 2.05) is 0 Å². The van der Waals surface area contributed by atoms with Crippen LogP contribution in [0.2, 0.25) is 0 Å². The summed E-state index contributed by atoms with van der Waals surface area (Å²) in [6.07, 6.45) is 2.53. The van der Waals surface area contributed by atoms with E-state index >= 15 is 0 Å². The Kier molecular flexibility index (Phi) is 5.14. The number of anilines is 1. The SMILES string of the molecule is O=C(CC1CCCNC1)Nc1cc(Br)ccc1C(=O)O. The summed E-state index contributed by atoms with van der Waals surface area (Å²) in [6.45, 7) is 1.85. The van der Waals surface area contributed by atoms with Gasteiger partial charge in [0.1, 0.15) is 0 Å². The van der Waals surface area contributed by atoms with Crippen molar-refractivity contribution in [3.63, 3.8) is 0 Å². The maximum atomic E-state index is 12.0. The number of carboxylic acid groups (broad SMARTS) is 1. The third-order valence-electron chi connectivity index (χ3n) is 3.36. The molecule has 0 saturated carbocycles. The number of halogens is 1. The number of benzene rings is 1. The Bertz CT molecular complexity index is 513. The first-order valence-electron chi connectivity index (χ1n) is 6.59. The molecule has 6 heteroatoms. The molecule has 108 valence electrons. The fourth-order valence-electron chi connectivity index (χ4n) is 2.37. The summed E-state index contributed by atoms with van der Waals surface area (Å²) < 4.78 is 0.733. The number of rotatable bonds is 4. The number of carbonyl (C=O) groups is 2. The van der Waals surface area contributed by atoms with Gasteiger partial charge in [-0.3, -0.25) is 4.79 Å². The molecule has 1 fully saturated rings. The molecule has 1 heterocycles. The Labute approximate surface area is 125 Å². The van der Waals surface area contributed by atoms with Gasteiger partial charge in [0.2, 0.25) is 5.91 Å². The van der Waals surface area contributed by atoms with Crippen LogP contribution in [0.4, 0.5) is 5.69 Å². The molecule has 1 amide bonds. The summed E-state index contributed by atoms with van der Waals surface area (Å²) in [5.74, 6) is -0.865. The van der Waals surface area contributed by atoms with Crippen LogP contribution < -0.4 is 10.6 Å². The van der Waals surface area contributed by atoms with Gasteiger partial charge in [-0.05, 0) is 50.0 Å². The summed E-state index contributed by atoms with van der Waals surface area (Å²) in [5.41, 5.74) is 0.434. The van der Waals surface area contributed by atoms with Crippen LogP contribution in [0.3, 0.4) is 0 Å². The van der Waals surface area contributed by atoms with E-state index in [4.69, 9.17) is 5.11 Å². The molecule has 1 aromatic rings. The van der Waals surface area contributed by atoms with Crippen LogP contribution in [0.25, 0.3) is 0 Å². The summed E-state index contributed by atoms with van der Waals surface area (Å²) in [5, 5.41) is 15.1.